The van der Waals surface area contributed by atoms with Gasteiger partial charge >= 0.3 is 5.97 Å². The van der Waals surface area contributed by atoms with Crippen molar-refractivity contribution in [3.8, 4) is 0 Å². The summed E-state index contributed by atoms with van der Waals surface area (Å²) < 4.78 is 0. The molecule has 2 N–H and O–H groups in total. The molecular weight excluding hydrogens is 310 g/mol. The number of aryl methyl sites for hydroxylation is 2. The number of hydrogen-bond acceptors (Lipinski definition) is 6. The minimum atomic E-state index is -0.808. The van der Waals surface area contributed by atoms with Crippen LogP contribution in [-0.4, -0.2) is 27.0 Å². The number of carbonyl (C=O) groups excluding carboxylic acids is 1. The first-order chi connectivity index (χ1) is 10.0. The zero-order valence-corrected chi connectivity index (χ0v) is 13.1. The molecule has 112 valence electrons. The molecule has 0 atom stereocenters. The molecule has 2 rings (SSSR count). The number of thiazole rings is 2. The van der Waals surface area contributed by atoms with Gasteiger partial charge in [-0.1, -0.05) is 0 Å². The highest BCUT2D eigenvalue weighted by Crippen LogP contribution is 2.17. The van der Waals surface area contributed by atoms with Crippen molar-refractivity contribution in [3.05, 3.63) is 27.2 Å². The fourth-order valence-electron chi connectivity index (χ4n) is 1.72. The molecule has 0 aliphatic heterocycles. The molecule has 0 saturated heterocycles. The van der Waals surface area contributed by atoms with Gasteiger partial charge in [-0.05, 0) is 19.8 Å². The highest BCUT2D eigenvalue weighted by atomic mass is 32.1. The predicted octanol–water partition coefficient (Wildman–Crippen LogP) is 2.50. The number of anilines is 1. The number of hydrogen-bond donors (Lipinski definition) is 2. The highest BCUT2D eigenvalue weighted by Gasteiger charge is 2.09. The maximum atomic E-state index is 11.8. The van der Waals surface area contributed by atoms with Gasteiger partial charge < -0.3 is 10.4 Å². The molecule has 6 nitrogen and oxygen atoms in total. The molecule has 0 aromatic carbocycles. The first-order valence-electron chi connectivity index (χ1n) is 6.40. The van der Waals surface area contributed by atoms with Crippen LogP contribution >= 0.6 is 22.7 Å². The zero-order chi connectivity index (χ0) is 15.2. The van der Waals surface area contributed by atoms with Gasteiger partial charge in [0, 0.05) is 17.2 Å². The van der Waals surface area contributed by atoms with Crippen molar-refractivity contribution < 1.29 is 14.7 Å². The molecule has 2 aromatic rings. The average Bonchev–Trinajstić information content (AvgIpc) is 2.98. The van der Waals surface area contributed by atoms with Crippen molar-refractivity contribution >= 4 is 39.7 Å². The third kappa shape index (κ3) is 5.24. The standard InChI is InChI=1S/C13H15N3O3S2/c1-8-14-10(7-20-8)5-11(17)16-13-15-9(6-21-13)3-2-4-12(18)19/h6-7H,2-5H2,1H3,(H,18,19)(H,15,16,17). The second-order valence-electron chi connectivity index (χ2n) is 4.47. The van der Waals surface area contributed by atoms with E-state index < -0.39 is 5.97 Å². The van der Waals surface area contributed by atoms with Crippen molar-refractivity contribution in [2.24, 2.45) is 0 Å². The maximum absolute atomic E-state index is 11.8. The molecule has 1 amide bonds. The summed E-state index contributed by atoms with van der Waals surface area (Å²) in [6.07, 6.45) is 1.51. The zero-order valence-electron chi connectivity index (χ0n) is 11.5. The van der Waals surface area contributed by atoms with Crippen LogP contribution in [0.4, 0.5) is 5.13 Å². The molecule has 0 bridgehead atoms. The summed E-state index contributed by atoms with van der Waals surface area (Å²) in [6, 6.07) is 0. The van der Waals surface area contributed by atoms with E-state index >= 15 is 0 Å². The number of amides is 1. The third-order valence-corrected chi connectivity index (χ3v) is 4.26. The fraction of sp³-hybridized carbons (Fsp3) is 0.385. The Morgan fingerprint density at radius 1 is 1.24 bits per heavy atom. The number of nitrogens with one attached hydrogen (secondary N) is 1. The van der Waals surface area contributed by atoms with Crippen molar-refractivity contribution in [2.75, 3.05) is 5.32 Å². The quantitative estimate of drug-likeness (QED) is 0.816. The van der Waals surface area contributed by atoms with Gasteiger partial charge in [0.1, 0.15) is 0 Å². The minimum absolute atomic E-state index is 0.127. The van der Waals surface area contributed by atoms with Gasteiger partial charge in [-0.25, -0.2) is 9.97 Å². The number of carboxylic acid groups (broad SMARTS) is 1. The summed E-state index contributed by atoms with van der Waals surface area (Å²) >= 11 is 2.86. The Hall–Kier alpha value is -1.80. The Morgan fingerprint density at radius 2 is 2.00 bits per heavy atom. The van der Waals surface area contributed by atoms with E-state index in [1.54, 1.807) is 0 Å². The van der Waals surface area contributed by atoms with Gasteiger partial charge in [-0.2, -0.15) is 0 Å². The lowest BCUT2D eigenvalue weighted by Gasteiger charge is -1.99. The number of carbonyl (C=O) groups is 2. The Kier molecular flexibility index (Phi) is 5.40. The first-order valence-corrected chi connectivity index (χ1v) is 8.16. The Morgan fingerprint density at radius 3 is 2.67 bits per heavy atom. The third-order valence-electron chi connectivity index (χ3n) is 2.63. The number of carboxylic acids is 1. The van der Waals surface area contributed by atoms with Gasteiger partial charge in [-0.3, -0.25) is 9.59 Å². The maximum Gasteiger partial charge on any atom is 0.303 e. The van der Waals surface area contributed by atoms with E-state index in [4.69, 9.17) is 5.11 Å². The lowest BCUT2D eigenvalue weighted by Crippen LogP contribution is -2.14. The van der Waals surface area contributed by atoms with E-state index in [0.717, 1.165) is 16.4 Å². The first kappa shape index (κ1) is 15.6. The molecule has 0 radical (unpaired) electrons. The van der Waals surface area contributed by atoms with Crippen LogP contribution in [-0.2, 0) is 22.4 Å². The summed E-state index contributed by atoms with van der Waals surface area (Å²) in [6.45, 7) is 1.90. The van der Waals surface area contributed by atoms with E-state index in [0.29, 0.717) is 18.0 Å². The van der Waals surface area contributed by atoms with E-state index in [9.17, 15) is 9.59 Å². The van der Waals surface area contributed by atoms with Crippen LogP contribution < -0.4 is 5.32 Å². The molecule has 0 saturated carbocycles. The van der Waals surface area contributed by atoms with Gasteiger partial charge in [0.2, 0.25) is 5.91 Å². The van der Waals surface area contributed by atoms with Crippen molar-refractivity contribution in [2.45, 2.75) is 32.6 Å². The average molecular weight is 325 g/mol. The summed E-state index contributed by atoms with van der Waals surface area (Å²) in [5.41, 5.74) is 1.56. The van der Waals surface area contributed by atoms with Crippen molar-refractivity contribution in [1.29, 1.82) is 0 Å². The van der Waals surface area contributed by atoms with Crippen LogP contribution in [0, 0.1) is 6.92 Å². The van der Waals surface area contributed by atoms with Gasteiger partial charge in [0.25, 0.3) is 0 Å². The molecule has 8 heteroatoms. The van der Waals surface area contributed by atoms with E-state index in [-0.39, 0.29) is 18.7 Å². The van der Waals surface area contributed by atoms with E-state index in [1.165, 1.54) is 22.7 Å². The summed E-state index contributed by atoms with van der Waals surface area (Å²) in [5.74, 6) is -0.955. The van der Waals surface area contributed by atoms with Crippen LogP contribution in [0.25, 0.3) is 0 Å². The smallest absolute Gasteiger partial charge is 0.303 e. The van der Waals surface area contributed by atoms with Crippen molar-refractivity contribution in [1.82, 2.24) is 9.97 Å². The highest BCUT2D eigenvalue weighted by molar-refractivity contribution is 7.14. The molecule has 2 aromatic heterocycles. The fourth-order valence-corrected chi connectivity index (χ4v) is 3.09. The van der Waals surface area contributed by atoms with E-state index in [2.05, 4.69) is 15.3 Å². The topological polar surface area (TPSA) is 92.2 Å². The Labute approximate surface area is 129 Å². The van der Waals surface area contributed by atoms with Crippen LogP contribution in [0.1, 0.15) is 29.2 Å². The lowest BCUT2D eigenvalue weighted by atomic mass is 10.2. The monoisotopic (exact) mass is 325 g/mol. The van der Waals surface area contributed by atoms with Crippen LogP contribution in [0.3, 0.4) is 0 Å². The Balaban J connectivity index is 1.81. The summed E-state index contributed by atoms with van der Waals surface area (Å²) in [5, 5.41) is 16.5. The van der Waals surface area contributed by atoms with Crippen molar-refractivity contribution in [3.63, 3.8) is 0 Å². The predicted molar refractivity (Wildman–Crippen MR) is 81.9 cm³/mol. The lowest BCUT2D eigenvalue weighted by molar-refractivity contribution is -0.137. The number of rotatable bonds is 7. The molecule has 0 aliphatic rings. The summed E-state index contributed by atoms with van der Waals surface area (Å²) in [7, 11) is 0. The number of aliphatic carboxylic acids is 1. The molecule has 0 aliphatic carbocycles. The summed E-state index contributed by atoms with van der Waals surface area (Å²) in [4.78, 5) is 30.8. The van der Waals surface area contributed by atoms with E-state index in [1.807, 2.05) is 17.7 Å². The van der Waals surface area contributed by atoms with Gasteiger partial charge in [-0.15, -0.1) is 22.7 Å². The molecule has 0 unspecified atom stereocenters. The number of aromatic nitrogens is 2. The second kappa shape index (κ2) is 7.28. The van der Waals surface area contributed by atoms with Crippen LogP contribution in [0.2, 0.25) is 0 Å². The largest absolute Gasteiger partial charge is 0.481 e. The number of nitrogens with zero attached hydrogens (tertiary/aromatic N) is 2. The van der Waals surface area contributed by atoms with Gasteiger partial charge in [0.05, 0.1) is 22.8 Å². The minimum Gasteiger partial charge on any atom is -0.481 e. The SMILES string of the molecule is Cc1nc(CC(=O)Nc2nc(CCCC(=O)O)cs2)cs1. The van der Waals surface area contributed by atoms with Crippen LogP contribution in [0.15, 0.2) is 10.8 Å². The molecular formula is C13H15N3O3S2. The van der Waals surface area contributed by atoms with Gasteiger partial charge in [0.15, 0.2) is 5.13 Å². The van der Waals surface area contributed by atoms with Crippen LogP contribution in [0.5, 0.6) is 0 Å². The molecule has 21 heavy (non-hydrogen) atoms. The molecule has 0 fully saturated rings. The molecule has 0 spiro atoms. The Bertz CT molecular complexity index is 636. The second-order valence-corrected chi connectivity index (χ2v) is 6.39. The molecule has 2 heterocycles. The normalized spacial score (nSPS) is 10.5.